The number of nitrogens with one attached hydrogen (secondary N) is 2. The van der Waals surface area contributed by atoms with Crippen molar-refractivity contribution in [3.05, 3.63) is 0 Å². The molecule has 3 nitrogen and oxygen atoms in total. The molecule has 14 heavy (non-hydrogen) atoms. The molecule has 3 heteroatoms. The van der Waals surface area contributed by atoms with Crippen molar-refractivity contribution in [3.63, 3.8) is 0 Å². The maximum Gasteiger partial charge on any atom is 0.221 e. The van der Waals surface area contributed by atoms with E-state index < -0.39 is 0 Å². The summed E-state index contributed by atoms with van der Waals surface area (Å²) in [6.07, 6.45) is 6.84. The van der Waals surface area contributed by atoms with Gasteiger partial charge >= 0.3 is 0 Å². The molecule has 0 bridgehead atoms. The summed E-state index contributed by atoms with van der Waals surface area (Å²) in [5.41, 5.74) is 0.333. The Bertz CT molecular complexity index is 219. The van der Waals surface area contributed by atoms with Crippen molar-refractivity contribution in [1.82, 2.24) is 10.6 Å². The van der Waals surface area contributed by atoms with Gasteiger partial charge in [-0.25, -0.2) is 0 Å². The first kappa shape index (κ1) is 9.97. The lowest BCUT2D eigenvalue weighted by atomic mass is 9.78. The summed E-state index contributed by atoms with van der Waals surface area (Å²) < 4.78 is 0. The van der Waals surface area contributed by atoms with Crippen LogP contribution < -0.4 is 10.6 Å². The van der Waals surface area contributed by atoms with Gasteiger partial charge in [-0.05, 0) is 39.0 Å². The van der Waals surface area contributed by atoms with Crippen LogP contribution in [0.3, 0.4) is 0 Å². The highest BCUT2D eigenvalue weighted by atomic mass is 16.1. The Morgan fingerprint density at radius 1 is 1.43 bits per heavy atom. The molecule has 0 saturated heterocycles. The SMILES string of the molecule is CC1(NCCC(=O)NC2CC2)CCC1. The minimum atomic E-state index is 0.211. The largest absolute Gasteiger partial charge is 0.353 e. The number of carbonyl (C=O) groups is 1. The van der Waals surface area contributed by atoms with Gasteiger partial charge in [0.05, 0.1) is 0 Å². The van der Waals surface area contributed by atoms with E-state index in [1.165, 1.54) is 32.1 Å². The fourth-order valence-electron chi connectivity index (χ4n) is 1.89. The average Bonchev–Trinajstić information content (AvgIpc) is 2.85. The van der Waals surface area contributed by atoms with Crippen LogP contribution in [-0.4, -0.2) is 24.0 Å². The number of hydrogen-bond acceptors (Lipinski definition) is 2. The molecular formula is C11H20N2O. The molecule has 2 aliphatic carbocycles. The van der Waals surface area contributed by atoms with Gasteiger partial charge in [0, 0.05) is 24.5 Å². The number of hydrogen-bond donors (Lipinski definition) is 2. The predicted molar refractivity (Wildman–Crippen MR) is 56.0 cm³/mol. The van der Waals surface area contributed by atoms with E-state index in [4.69, 9.17) is 0 Å². The molecule has 0 spiro atoms. The van der Waals surface area contributed by atoms with Gasteiger partial charge in [0.1, 0.15) is 0 Å². The van der Waals surface area contributed by atoms with E-state index in [1.807, 2.05) is 0 Å². The highest BCUT2D eigenvalue weighted by Crippen LogP contribution is 2.30. The Hall–Kier alpha value is -0.570. The van der Waals surface area contributed by atoms with Crippen molar-refractivity contribution in [2.24, 2.45) is 0 Å². The second-order valence-electron chi connectivity index (χ2n) is 4.93. The van der Waals surface area contributed by atoms with Crippen molar-refractivity contribution in [1.29, 1.82) is 0 Å². The highest BCUT2D eigenvalue weighted by molar-refractivity contribution is 5.76. The van der Waals surface area contributed by atoms with Crippen LogP contribution in [0.2, 0.25) is 0 Å². The van der Waals surface area contributed by atoms with Crippen LogP contribution >= 0.6 is 0 Å². The second kappa shape index (κ2) is 3.89. The zero-order valence-corrected chi connectivity index (χ0v) is 8.94. The maximum absolute atomic E-state index is 11.3. The molecule has 0 aromatic carbocycles. The van der Waals surface area contributed by atoms with Crippen LogP contribution in [0.5, 0.6) is 0 Å². The minimum absolute atomic E-state index is 0.211. The van der Waals surface area contributed by atoms with Gasteiger partial charge in [0.2, 0.25) is 5.91 Å². The molecule has 2 N–H and O–H groups in total. The number of rotatable bonds is 5. The summed E-state index contributed by atoms with van der Waals surface area (Å²) in [5, 5.41) is 6.46. The van der Waals surface area contributed by atoms with E-state index in [0.29, 0.717) is 18.0 Å². The topological polar surface area (TPSA) is 41.1 Å². The molecule has 2 rings (SSSR count). The van der Waals surface area contributed by atoms with Crippen molar-refractivity contribution in [2.75, 3.05) is 6.54 Å². The molecule has 80 valence electrons. The van der Waals surface area contributed by atoms with Crippen LogP contribution in [0.4, 0.5) is 0 Å². The molecule has 0 radical (unpaired) electrons. The monoisotopic (exact) mass is 196 g/mol. The molecule has 0 heterocycles. The maximum atomic E-state index is 11.3. The van der Waals surface area contributed by atoms with E-state index >= 15 is 0 Å². The molecule has 0 aromatic rings. The van der Waals surface area contributed by atoms with Gasteiger partial charge in [-0.2, -0.15) is 0 Å². The number of carbonyl (C=O) groups excluding carboxylic acids is 1. The van der Waals surface area contributed by atoms with Crippen LogP contribution in [0.15, 0.2) is 0 Å². The van der Waals surface area contributed by atoms with Crippen molar-refractivity contribution >= 4 is 5.91 Å². The summed E-state index contributed by atoms with van der Waals surface area (Å²) >= 11 is 0. The van der Waals surface area contributed by atoms with Gasteiger partial charge < -0.3 is 10.6 Å². The average molecular weight is 196 g/mol. The predicted octanol–water partition coefficient (Wildman–Crippen LogP) is 1.19. The Kier molecular flexibility index (Phi) is 2.77. The van der Waals surface area contributed by atoms with E-state index in [0.717, 1.165) is 6.54 Å². The molecule has 0 aliphatic heterocycles. The molecule has 0 aromatic heterocycles. The first-order chi connectivity index (χ1) is 6.68. The minimum Gasteiger partial charge on any atom is -0.353 e. The Balaban J connectivity index is 1.55. The van der Waals surface area contributed by atoms with Gasteiger partial charge in [0.25, 0.3) is 0 Å². The molecule has 2 fully saturated rings. The molecule has 1 amide bonds. The van der Waals surface area contributed by atoms with E-state index in [2.05, 4.69) is 17.6 Å². The van der Waals surface area contributed by atoms with Crippen molar-refractivity contribution < 1.29 is 4.79 Å². The summed E-state index contributed by atoms with van der Waals surface area (Å²) in [4.78, 5) is 11.3. The Morgan fingerprint density at radius 3 is 2.64 bits per heavy atom. The van der Waals surface area contributed by atoms with Gasteiger partial charge in [0.15, 0.2) is 0 Å². The lowest BCUT2D eigenvalue weighted by Crippen LogP contribution is -2.49. The van der Waals surface area contributed by atoms with E-state index in [9.17, 15) is 4.79 Å². The van der Waals surface area contributed by atoms with E-state index in [-0.39, 0.29) is 5.91 Å². The lowest BCUT2D eigenvalue weighted by molar-refractivity contribution is -0.121. The van der Waals surface area contributed by atoms with Gasteiger partial charge in [-0.1, -0.05) is 0 Å². The summed E-state index contributed by atoms with van der Waals surface area (Å²) in [7, 11) is 0. The third kappa shape index (κ3) is 2.71. The summed E-state index contributed by atoms with van der Waals surface area (Å²) in [6.45, 7) is 3.07. The summed E-state index contributed by atoms with van der Waals surface area (Å²) in [5.74, 6) is 0.211. The normalized spacial score (nSPS) is 24.1. The second-order valence-corrected chi connectivity index (χ2v) is 4.93. The fraction of sp³-hybridized carbons (Fsp3) is 0.909. The third-order valence-corrected chi connectivity index (χ3v) is 3.30. The Morgan fingerprint density at radius 2 is 2.14 bits per heavy atom. The highest BCUT2D eigenvalue weighted by Gasteiger charge is 2.30. The van der Waals surface area contributed by atoms with Crippen LogP contribution in [0, 0.1) is 0 Å². The number of amides is 1. The third-order valence-electron chi connectivity index (χ3n) is 3.30. The van der Waals surface area contributed by atoms with Crippen LogP contribution in [0.25, 0.3) is 0 Å². The quantitative estimate of drug-likeness (QED) is 0.693. The first-order valence-electron chi connectivity index (χ1n) is 5.72. The van der Waals surface area contributed by atoms with Gasteiger partial charge in [-0.15, -0.1) is 0 Å². The molecule has 2 aliphatic rings. The van der Waals surface area contributed by atoms with Gasteiger partial charge in [-0.3, -0.25) is 4.79 Å². The molecule has 2 saturated carbocycles. The van der Waals surface area contributed by atoms with Crippen molar-refractivity contribution in [3.8, 4) is 0 Å². The fourth-order valence-corrected chi connectivity index (χ4v) is 1.89. The van der Waals surface area contributed by atoms with E-state index in [1.54, 1.807) is 0 Å². The first-order valence-corrected chi connectivity index (χ1v) is 5.72. The van der Waals surface area contributed by atoms with Crippen LogP contribution in [0.1, 0.15) is 45.4 Å². The smallest absolute Gasteiger partial charge is 0.221 e. The zero-order valence-electron chi connectivity index (χ0n) is 8.94. The lowest BCUT2D eigenvalue weighted by Gasteiger charge is -2.39. The molecule has 0 unspecified atom stereocenters. The zero-order chi connectivity index (χ0) is 10.0. The molecular weight excluding hydrogens is 176 g/mol. The standard InChI is InChI=1S/C11H20N2O/c1-11(6-2-7-11)12-8-5-10(14)13-9-3-4-9/h9,12H,2-8H2,1H3,(H,13,14). The Labute approximate surface area is 85.6 Å². The molecule has 0 atom stereocenters. The van der Waals surface area contributed by atoms with Crippen LogP contribution in [-0.2, 0) is 4.79 Å². The summed E-state index contributed by atoms with van der Waals surface area (Å²) in [6, 6.07) is 0.502. The van der Waals surface area contributed by atoms with Crippen molar-refractivity contribution in [2.45, 2.75) is 57.0 Å².